The van der Waals surface area contributed by atoms with Crippen LogP contribution in [0.25, 0.3) is 0 Å². The van der Waals surface area contributed by atoms with Gasteiger partial charge in [-0.3, -0.25) is 9.35 Å². The van der Waals surface area contributed by atoms with E-state index in [1.54, 1.807) is 0 Å². The Bertz CT molecular complexity index is 192. The van der Waals surface area contributed by atoms with Gasteiger partial charge in [0.1, 0.15) is 5.78 Å². The smallest absolute Gasteiger partial charge is 0.299 e. The molecule has 0 radical (unpaired) electrons. The molecule has 0 aromatic heterocycles. The number of hydrogen-bond acceptors (Lipinski definition) is 4. The molecule has 0 aliphatic carbocycles. The van der Waals surface area contributed by atoms with Crippen molar-refractivity contribution in [1.82, 2.24) is 0 Å². The van der Waals surface area contributed by atoms with Crippen LogP contribution in [-0.2, 0) is 13.9 Å². The van der Waals surface area contributed by atoms with Gasteiger partial charge in [-0.2, -0.15) is 8.42 Å². The Morgan fingerprint density at radius 1 is 1.67 bits per heavy atom. The summed E-state index contributed by atoms with van der Waals surface area (Å²) in [5, 5.41) is 0. The molecular formula is C3H6O4S2. The number of hydrogen-bond donors (Lipinski definition) is 1. The van der Waals surface area contributed by atoms with Gasteiger partial charge in [0, 0.05) is 10.8 Å². The predicted octanol–water partition coefficient (Wildman–Crippen LogP) is 0.111. The first-order valence-corrected chi connectivity index (χ1v) is 4.97. The molecule has 0 saturated carbocycles. The minimum absolute atomic E-state index is 0.196. The molecule has 0 spiro atoms. The van der Waals surface area contributed by atoms with E-state index in [0.29, 0.717) is 0 Å². The van der Waals surface area contributed by atoms with E-state index in [1.165, 1.54) is 6.92 Å². The van der Waals surface area contributed by atoms with Gasteiger partial charge in [-0.1, -0.05) is 0 Å². The van der Waals surface area contributed by atoms with Crippen molar-refractivity contribution in [1.29, 1.82) is 0 Å². The van der Waals surface area contributed by atoms with Crippen molar-refractivity contribution in [2.45, 2.75) is 6.92 Å². The van der Waals surface area contributed by atoms with Crippen LogP contribution in [0.4, 0.5) is 0 Å². The van der Waals surface area contributed by atoms with Crippen LogP contribution in [0.2, 0.25) is 0 Å². The number of Topliss-reactive ketones (excluding diaryl/α,β-unsaturated/α-hetero) is 1. The van der Waals surface area contributed by atoms with Gasteiger partial charge >= 0.3 is 9.15 Å². The van der Waals surface area contributed by atoms with E-state index in [2.05, 4.69) is 0 Å². The molecule has 0 atom stereocenters. The molecule has 6 heteroatoms. The van der Waals surface area contributed by atoms with Crippen LogP contribution in [0, 0.1) is 0 Å². The molecule has 0 rings (SSSR count). The van der Waals surface area contributed by atoms with E-state index in [1.807, 2.05) is 0 Å². The fourth-order valence-electron chi connectivity index (χ4n) is 0.157. The normalized spacial score (nSPS) is 11.3. The lowest BCUT2D eigenvalue weighted by atomic mass is 10.5. The molecule has 54 valence electrons. The monoisotopic (exact) mass is 170 g/mol. The summed E-state index contributed by atoms with van der Waals surface area (Å²) in [6, 6.07) is 0. The topological polar surface area (TPSA) is 71.4 Å². The van der Waals surface area contributed by atoms with Crippen LogP contribution in [-0.4, -0.2) is 24.5 Å². The summed E-state index contributed by atoms with van der Waals surface area (Å²) in [4.78, 5) is 10.1. The molecule has 9 heavy (non-hydrogen) atoms. The molecule has 0 bridgehead atoms. The SMILES string of the molecule is CC(=O)CSS(=O)(=O)O. The highest BCUT2D eigenvalue weighted by Gasteiger charge is 2.05. The highest BCUT2D eigenvalue weighted by Crippen LogP contribution is 2.07. The highest BCUT2D eigenvalue weighted by molar-refractivity contribution is 8.70. The molecular weight excluding hydrogens is 164 g/mol. The Morgan fingerprint density at radius 3 is 2.22 bits per heavy atom. The first kappa shape index (κ1) is 8.93. The van der Waals surface area contributed by atoms with Gasteiger partial charge in [0.25, 0.3) is 0 Å². The van der Waals surface area contributed by atoms with E-state index in [4.69, 9.17) is 4.55 Å². The molecule has 0 aromatic rings. The molecule has 0 aliphatic rings. The van der Waals surface area contributed by atoms with Crippen molar-refractivity contribution >= 4 is 25.7 Å². The van der Waals surface area contributed by atoms with Gasteiger partial charge in [0.15, 0.2) is 0 Å². The number of ketones is 1. The van der Waals surface area contributed by atoms with Crippen LogP contribution >= 0.6 is 10.8 Å². The Labute approximate surface area is 56.8 Å². The molecule has 0 amide bonds. The predicted molar refractivity (Wildman–Crippen MR) is 34.7 cm³/mol. The van der Waals surface area contributed by atoms with Crippen LogP contribution in [0.1, 0.15) is 6.92 Å². The fraction of sp³-hybridized carbons (Fsp3) is 0.667. The third-order valence-corrected chi connectivity index (χ3v) is 2.48. The van der Waals surface area contributed by atoms with Crippen molar-refractivity contribution in [2.75, 3.05) is 5.75 Å². The quantitative estimate of drug-likeness (QED) is 0.481. The summed E-state index contributed by atoms with van der Waals surface area (Å²) in [6.07, 6.45) is 0. The second-order valence-electron chi connectivity index (χ2n) is 1.39. The van der Waals surface area contributed by atoms with E-state index in [0.717, 1.165) is 0 Å². The first-order chi connectivity index (χ1) is 3.92. The molecule has 0 heterocycles. The van der Waals surface area contributed by atoms with Crippen LogP contribution in [0.5, 0.6) is 0 Å². The second kappa shape index (κ2) is 3.19. The third kappa shape index (κ3) is 7.93. The molecule has 0 unspecified atom stereocenters. The van der Waals surface area contributed by atoms with Gasteiger partial charge in [-0.25, -0.2) is 0 Å². The van der Waals surface area contributed by atoms with Gasteiger partial charge < -0.3 is 0 Å². The van der Waals surface area contributed by atoms with E-state index >= 15 is 0 Å². The van der Waals surface area contributed by atoms with E-state index in [-0.39, 0.29) is 22.3 Å². The van der Waals surface area contributed by atoms with Crippen molar-refractivity contribution in [3.63, 3.8) is 0 Å². The first-order valence-electron chi connectivity index (χ1n) is 2.03. The Kier molecular flexibility index (Phi) is 3.16. The minimum atomic E-state index is -4.02. The molecule has 1 N–H and O–H groups in total. The van der Waals surface area contributed by atoms with Gasteiger partial charge in [-0.05, 0) is 6.92 Å². The molecule has 4 nitrogen and oxygen atoms in total. The minimum Gasteiger partial charge on any atom is -0.299 e. The maximum Gasteiger partial charge on any atom is 0.320 e. The Hall–Kier alpha value is -0.0700. The summed E-state index contributed by atoms with van der Waals surface area (Å²) in [5.74, 6) is -0.476. The zero-order valence-electron chi connectivity index (χ0n) is 4.70. The maximum absolute atomic E-state index is 10.1. The number of rotatable bonds is 3. The van der Waals surface area contributed by atoms with Crippen molar-refractivity contribution < 1.29 is 17.8 Å². The van der Waals surface area contributed by atoms with Gasteiger partial charge in [0.05, 0.1) is 5.75 Å². The maximum atomic E-state index is 10.1. The van der Waals surface area contributed by atoms with Crippen LogP contribution < -0.4 is 0 Å². The Balaban J connectivity index is 3.67. The Morgan fingerprint density at radius 2 is 2.11 bits per heavy atom. The average Bonchev–Trinajstić information content (AvgIpc) is 1.59. The molecule has 0 saturated heterocycles. The largest absolute Gasteiger partial charge is 0.320 e. The summed E-state index contributed by atoms with van der Waals surface area (Å²) in [6.45, 7) is 1.25. The molecule has 0 aromatic carbocycles. The van der Waals surface area contributed by atoms with E-state index < -0.39 is 9.15 Å². The number of carbonyl (C=O) groups is 1. The zero-order chi connectivity index (χ0) is 7.49. The van der Waals surface area contributed by atoms with Crippen molar-refractivity contribution in [3.05, 3.63) is 0 Å². The van der Waals surface area contributed by atoms with Crippen molar-refractivity contribution in [2.24, 2.45) is 0 Å². The lowest BCUT2D eigenvalue weighted by molar-refractivity contribution is -0.114. The average molecular weight is 170 g/mol. The summed E-state index contributed by atoms with van der Waals surface area (Å²) in [7, 11) is -3.80. The number of carbonyl (C=O) groups excluding carboxylic acids is 1. The zero-order valence-corrected chi connectivity index (χ0v) is 6.33. The summed E-state index contributed by atoms with van der Waals surface area (Å²) < 4.78 is 27.9. The summed E-state index contributed by atoms with van der Waals surface area (Å²) in [5.41, 5.74) is 0. The van der Waals surface area contributed by atoms with Crippen LogP contribution in [0.15, 0.2) is 0 Å². The second-order valence-corrected chi connectivity index (χ2v) is 4.74. The third-order valence-electron chi connectivity index (χ3n) is 0.411. The lowest BCUT2D eigenvalue weighted by Crippen LogP contribution is -1.98. The summed E-state index contributed by atoms with van der Waals surface area (Å²) >= 11 is 0. The molecule has 0 aliphatic heterocycles. The van der Waals surface area contributed by atoms with Gasteiger partial charge in [-0.15, -0.1) is 0 Å². The lowest BCUT2D eigenvalue weighted by Gasteiger charge is -1.89. The fourth-order valence-corrected chi connectivity index (χ4v) is 1.42. The van der Waals surface area contributed by atoms with Crippen molar-refractivity contribution in [3.8, 4) is 0 Å². The standard InChI is InChI=1S/C3H6O4S2/c1-3(4)2-8-9(5,6)7/h2H2,1H3,(H,5,6,7). The van der Waals surface area contributed by atoms with Gasteiger partial charge in [0.2, 0.25) is 0 Å². The van der Waals surface area contributed by atoms with E-state index in [9.17, 15) is 13.2 Å². The van der Waals surface area contributed by atoms with Crippen LogP contribution in [0.3, 0.4) is 0 Å². The highest BCUT2D eigenvalue weighted by atomic mass is 33.1. The molecule has 0 fully saturated rings.